The molecular weight excluding hydrogens is 278 g/mol. The fourth-order valence-corrected chi connectivity index (χ4v) is 3.25. The maximum absolute atomic E-state index is 12.1. The van der Waals surface area contributed by atoms with Crippen molar-refractivity contribution in [2.75, 3.05) is 5.75 Å². The number of aryl methyl sites for hydroxylation is 1. The maximum atomic E-state index is 12.1. The predicted octanol–water partition coefficient (Wildman–Crippen LogP) is 1.68. The summed E-state index contributed by atoms with van der Waals surface area (Å²) in [6.45, 7) is 1.88. The quantitative estimate of drug-likeness (QED) is 0.910. The molecule has 6 heteroatoms. The minimum Gasteiger partial charge on any atom is -0.467 e. The van der Waals surface area contributed by atoms with Gasteiger partial charge in [-0.2, -0.15) is 0 Å². The van der Waals surface area contributed by atoms with E-state index in [4.69, 9.17) is 4.42 Å². The zero-order valence-corrected chi connectivity index (χ0v) is 11.8. The average molecular weight is 293 g/mol. The molecular formula is C14H15NO4S. The van der Waals surface area contributed by atoms with Gasteiger partial charge >= 0.3 is 0 Å². The van der Waals surface area contributed by atoms with Gasteiger partial charge in [-0.15, -0.1) is 0 Å². The molecule has 0 aliphatic carbocycles. The van der Waals surface area contributed by atoms with Crippen molar-refractivity contribution in [3.05, 3.63) is 54.0 Å². The highest BCUT2D eigenvalue weighted by atomic mass is 32.2. The van der Waals surface area contributed by atoms with Crippen LogP contribution in [-0.2, 0) is 21.2 Å². The van der Waals surface area contributed by atoms with E-state index in [0.29, 0.717) is 11.3 Å². The molecule has 1 aromatic carbocycles. The Hall–Kier alpha value is -2.08. The Morgan fingerprint density at radius 3 is 2.60 bits per heavy atom. The molecule has 1 heterocycles. The van der Waals surface area contributed by atoms with E-state index in [1.165, 1.54) is 12.3 Å². The second-order valence-electron chi connectivity index (χ2n) is 4.38. The average Bonchev–Trinajstić information content (AvgIpc) is 2.89. The van der Waals surface area contributed by atoms with Crippen LogP contribution in [0.15, 0.2) is 52.0 Å². The monoisotopic (exact) mass is 293 g/mol. The molecule has 1 N–H and O–H groups in total. The van der Waals surface area contributed by atoms with Crippen molar-refractivity contribution in [2.45, 2.75) is 18.4 Å². The van der Waals surface area contributed by atoms with Crippen LogP contribution in [0.1, 0.15) is 11.3 Å². The maximum Gasteiger partial charge on any atom is 0.235 e. The van der Waals surface area contributed by atoms with Crippen LogP contribution in [0.3, 0.4) is 0 Å². The van der Waals surface area contributed by atoms with Gasteiger partial charge in [-0.1, -0.05) is 18.2 Å². The van der Waals surface area contributed by atoms with Gasteiger partial charge < -0.3 is 9.73 Å². The molecule has 2 aromatic rings. The Balaban J connectivity index is 2.01. The van der Waals surface area contributed by atoms with Crippen molar-refractivity contribution < 1.29 is 17.6 Å². The van der Waals surface area contributed by atoms with Crippen LogP contribution in [0.5, 0.6) is 0 Å². The first-order valence-electron chi connectivity index (χ1n) is 6.06. The van der Waals surface area contributed by atoms with Crippen LogP contribution in [0.4, 0.5) is 0 Å². The molecule has 106 valence electrons. The first kappa shape index (κ1) is 14.3. The van der Waals surface area contributed by atoms with E-state index in [1.54, 1.807) is 37.3 Å². The van der Waals surface area contributed by atoms with Crippen LogP contribution in [0, 0.1) is 6.92 Å². The normalized spacial score (nSPS) is 11.2. The summed E-state index contributed by atoms with van der Waals surface area (Å²) in [5, 5.41) is 2.52. The predicted molar refractivity (Wildman–Crippen MR) is 73.8 cm³/mol. The minimum atomic E-state index is -3.62. The van der Waals surface area contributed by atoms with E-state index in [-0.39, 0.29) is 11.4 Å². The third-order valence-electron chi connectivity index (χ3n) is 2.79. The number of carbonyl (C=O) groups is 1. The van der Waals surface area contributed by atoms with Crippen molar-refractivity contribution in [1.82, 2.24) is 5.32 Å². The van der Waals surface area contributed by atoms with E-state index in [9.17, 15) is 13.2 Å². The second-order valence-corrected chi connectivity index (χ2v) is 6.34. The molecule has 5 nitrogen and oxygen atoms in total. The molecule has 20 heavy (non-hydrogen) atoms. The molecule has 0 fully saturated rings. The van der Waals surface area contributed by atoms with Crippen LogP contribution in [0.2, 0.25) is 0 Å². The highest BCUT2D eigenvalue weighted by Crippen LogP contribution is 2.15. The molecule has 0 atom stereocenters. The summed E-state index contributed by atoms with van der Waals surface area (Å²) in [6.07, 6.45) is 1.49. The lowest BCUT2D eigenvalue weighted by Gasteiger charge is -2.07. The lowest BCUT2D eigenvalue weighted by atomic mass is 10.2. The number of furan rings is 1. The molecule has 0 unspecified atom stereocenters. The summed E-state index contributed by atoms with van der Waals surface area (Å²) in [4.78, 5) is 11.9. The van der Waals surface area contributed by atoms with Gasteiger partial charge in [0, 0.05) is 0 Å². The Bertz CT molecular complexity index is 690. The molecule has 0 spiro atoms. The Morgan fingerprint density at radius 1 is 1.20 bits per heavy atom. The number of rotatable bonds is 5. The van der Waals surface area contributed by atoms with Crippen molar-refractivity contribution in [2.24, 2.45) is 0 Å². The number of nitrogens with one attached hydrogen (secondary N) is 1. The van der Waals surface area contributed by atoms with Gasteiger partial charge in [-0.25, -0.2) is 8.42 Å². The minimum absolute atomic E-state index is 0.176. The van der Waals surface area contributed by atoms with E-state index in [2.05, 4.69) is 5.32 Å². The van der Waals surface area contributed by atoms with E-state index >= 15 is 0 Å². The summed E-state index contributed by atoms with van der Waals surface area (Å²) < 4.78 is 29.3. The molecule has 0 saturated carbocycles. The van der Waals surface area contributed by atoms with Crippen LogP contribution < -0.4 is 5.32 Å². The summed E-state index contributed by atoms with van der Waals surface area (Å²) in [6, 6.07) is 10.0. The summed E-state index contributed by atoms with van der Waals surface area (Å²) >= 11 is 0. The molecule has 0 saturated heterocycles. The lowest BCUT2D eigenvalue weighted by Crippen LogP contribution is -2.30. The second kappa shape index (κ2) is 5.92. The van der Waals surface area contributed by atoms with Crippen LogP contribution >= 0.6 is 0 Å². The summed E-state index contributed by atoms with van der Waals surface area (Å²) in [5.41, 5.74) is 0.631. The fourth-order valence-electron chi connectivity index (χ4n) is 1.81. The largest absolute Gasteiger partial charge is 0.467 e. The SMILES string of the molecule is Cc1ccccc1S(=O)(=O)CC(=O)NCc1ccco1. The van der Waals surface area contributed by atoms with Crippen LogP contribution in [0.25, 0.3) is 0 Å². The van der Waals surface area contributed by atoms with Crippen LogP contribution in [-0.4, -0.2) is 20.1 Å². The molecule has 0 bridgehead atoms. The highest BCUT2D eigenvalue weighted by Gasteiger charge is 2.20. The summed E-state index contributed by atoms with van der Waals surface area (Å²) in [7, 11) is -3.62. The topological polar surface area (TPSA) is 76.4 Å². The smallest absolute Gasteiger partial charge is 0.235 e. The van der Waals surface area contributed by atoms with Gasteiger partial charge in [-0.3, -0.25) is 4.79 Å². The first-order chi connectivity index (χ1) is 9.49. The van der Waals surface area contributed by atoms with E-state index in [0.717, 1.165) is 0 Å². The fraction of sp³-hybridized carbons (Fsp3) is 0.214. The zero-order chi connectivity index (χ0) is 14.6. The van der Waals surface area contributed by atoms with Gasteiger partial charge in [-0.05, 0) is 30.7 Å². The first-order valence-corrected chi connectivity index (χ1v) is 7.72. The van der Waals surface area contributed by atoms with E-state index < -0.39 is 21.5 Å². The molecule has 0 radical (unpaired) electrons. The Morgan fingerprint density at radius 2 is 1.95 bits per heavy atom. The van der Waals surface area contributed by atoms with Crippen molar-refractivity contribution >= 4 is 15.7 Å². The summed E-state index contributed by atoms with van der Waals surface area (Å²) in [5.74, 6) is -0.547. The molecule has 1 aromatic heterocycles. The van der Waals surface area contributed by atoms with Crippen molar-refractivity contribution in [1.29, 1.82) is 0 Å². The third-order valence-corrected chi connectivity index (χ3v) is 4.56. The highest BCUT2D eigenvalue weighted by molar-refractivity contribution is 7.92. The zero-order valence-electron chi connectivity index (χ0n) is 11.0. The van der Waals surface area contributed by atoms with Gasteiger partial charge in [0.15, 0.2) is 9.84 Å². The Labute approximate surface area is 117 Å². The molecule has 0 aliphatic heterocycles. The van der Waals surface area contributed by atoms with E-state index in [1.807, 2.05) is 0 Å². The number of hydrogen-bond donors (Lipinski definition) is 1. The van der Waals surface area contributed by atoms with Gasteiger partial charge in [0.1, 0.15) is 11.5 Å². The molecule has 0 aliphatic rings. The number of carbonyl (C=O) groups excluding carboxylic acids is 1. The molecule has 2 rings (SSSR count). The number of hydrogen-bond acceptors (Lipinski definition) is 4. The van der Waals surface area contributed by atoms with Gasteiger partial charge in [0.25, 0.3) is 0 Å². The van der Waals surface area contributed by atoms with Crippen molar-refractivity contribution in [3.63, 3.8) is 0 Å². The van der Waals surface area contributed by atoms with Gasteiger partial charge in [0.05, 0.1) is 17.7 Å². The number of amides is 1. The standard InChI is InChI=1S/C14H15NO4S/c1-11-5-2-3-7-13(11)20(17,18)10-14(16)15-9-12-6-4-8-19-12/h2-8H,9-10H2,1H3,(H,15,16). The Kier molecular flexibility index (Phi) is 4.24. The number of sulfone groups is 1. The van der Waals surface area contributed by atoms with Gasteiger partial charge in [0.2, 0.25) is 5.91 Å². The molecule has 1 amide bonds. The number of benzene rings is 1. The lowest BCUT2D eigenvalue weighted by molar-refractivity contribution is -0.118. The van der Waals surface area contributed by atoms with Crippen molar-refractivity contribution in [3.8, 4) is 0 Å². The third kappa shape index (κ3) is 3.48.